The van der Waals surface area contributed by atoms with Crippen LogP contribution in [-0.4, -0.2) is 16.6 Å². The average molecular weight is 402 g/mol. The number of benzene rings is 1. The van der Waals surface area contributed by atoms with Gasteiger partial charge in [0, 0.05) is 10.9 Å². The molecule has 1 amide bonds. The molecule has 3 rings (SSSR count). The third kappa shape index (κ3) is 4.44. The minimum atomic E-state index is -2.53. The smallest absolute Gasteiger partial charge is 0.293 e. The molecule has 0 aliphatic carbocycles. The summed E-state index contributed by atoms with van der Waals surface area (Å²) in [6, 6.07) is 6.19. The molecule has 0 atom stereocenters. The second kappa shape index (κ2) is 7.92. The molecule has 1 N–H and O–H groups in total. The third-order valence-corrected chi connectivity index (χ3v) is 4.64. The van der Waals surface area contributed by atoms with Gasteiger partial charge in [-0.3, -0.25) is 10.1 Å². The van der Waals surface area contributed by atoms with Gasteiger partial charge in [-0.15, -0.1) is 11.3 Å². The fourth-order valence-corrected chi connectivity index (χ4v) is 3.16. The second-order valence-corrected chi connectivity index (χ2v) is 6.79. The number of furan rings is 1. The van der Waals surface area contributed by atoms with E-state index in [1.807, 2.05) is 0 Å². The number of hydrogen-bond donors (Lipinski definition) is 1. The number of alkyl halides is 2. The summed E-state index contributed by atoms with van der Waals surface area (Å²) < 4.78 is 55.8. The van der Waals surface area contributed by atoms with Gasteiger partial charge in [-0.1, -0.05) is 11.8 Å². The number of aromatic nitrogens is 1. The Hall–Kier alpha value is -2.33. The summed E-state index contributed by atoms with van der Waals surface area (Å²) in [4.78, 5) is 16.2. The van der Waals surface area contributed by atoms with Gasteiger partial charge in [0.15, 0.2) is 22.5 Å². The molecule has 0 saturated carbocycles. The molecule has 0 aliphatic heterocycles. The Kier molecular flexibility index (Phi) is 5.62. The molecule has 0 radical (unpaired) electrons. The van der Waals surface area contributed by atoms with Gasteiger partial charge in [0.25, 0.3) is 11.7 Å². The van der Waals surface area contributed by atoms with Crippen molar-refractivity contribution >= 4 is 34.1 Å². The normalized spacial score (nSPS) is 11.1. The van der Waals surface area contributed by atoms with E-state index in [-0.39, 0.29) is 22.4 Å². The monoisotopic (exact) mass is 402 g/mol. The number of carbonyl (C=O) groups excluding carboxylic acids is 1. The number of nitrogens with one attached hydrogen (secondary N) is 1. The van der Waals surface area contributed by atoms with Crippen LogP contribution < -0.4 is 5.32 Å². The lowest BCUT2D eigenvalue weighted by molar-refractivity contribution is 0.0995. The summed E-state index contributed by atoms with van der Waals surface area (Å²) in [5.74, 6) is -4.92. The number of amides is 1. The van der Waals surface area contributed by atoms with Crippen molar-refractivity contribution in [2.45, 2.75) is 11.5 Å². The molecule has 1 aromatic carbocycles. The predicted molar refractivity (Wildman–Crippen MR) is 91.4 cm³/mol. The molecule has 0 fully saturated rings. The van der Waals surface area contributed by atoms with Crippen molar-refractivity contribution in [3.8, 4) is 11.3 Å². The van der Waals surface area contributed by atoms with Crippen LogP contribution in [0.3, 0.4) is 0 Å². The Morgan fingerprint density at radius 2 is 2.04 bits per heavy atom. The second-order valence-electron chi connectivity index (χ2n) is 4.96. The number of anilines is 1. The van der Waals surface area contributed by atoms with Crippen LogP contribution in [0.15, 0.2) is 40.1 Å². The first-order valence-electron chi connectivity index (χ1n) is 7.13. The van der Waals surface area contributed by atoms with Crippen molar-refractivity contribution in [2.24, 2.45) is 0 Å². The summed E-state index contributed by atoms with van der Waals surface area (Å²) in [5, 5.41) is 4.31. The van der Waals surface area contributed by atoms with Crippen LogP contribution in [0.5, 0.6) is 0 Å². The first-order valence-corrected chi connectivity index (χ1v) is 9.06. The highest BCUT2D eigenvalue weighted by molar-refractivity contribution is 7.98. The Morgan fingerprint density at radius 3 is 2.77 bits per heavy atom. The number of carbonyl (C=O) groups is 1. The van der Waals surface area contributed by atoms with Crippen LogP contribution in [0.1, 0.15) is 16.3 Å². The summed E-state index contributed by atoms with van der Waals surface area (Å²) in [7, 11) is 0. The largest absolute Gasteiger partial charge is 0.455 e. The Morgan fingerprint density at radius 1 is 1.23 bits per heavy atom. The number of hydrogen-bond acceptors (Lipinski definition) is 5. The first-order chi connectivity index (χ1) is 12.4. The lowest BCUT2D eigenvalue weighted by Crippen LogP contribution is -2.10. The molecule has 0 bridgehead atoms. The van der Waals surface area contributed by atoms with E-state index in [9.17, 15) is 22.4 Å². The first kappa shape index (κ1) is 18.5. The molecule has 0 saturated heterocycles. The van der Waals surface area contributed by atoms with Gasteiger partial charge >= 0.3 is 0 Å². The van der Waals surface area contributed by atoms with Crippen LogP contribution >= 0.6 is 23.1 Å². The van der Waals surface area contributed by atoms with Crippen LogP contribution in [-0.2, 0) is 5.75 Å². The van der Waals surface area contributed by atoms with Gasteiger partial charge in [-0.05, 0) is 30.3 Å². The number of halogens is 4. The maximum Gasteiger partial charge on any atom is 0.293 e. The van der Waals surface area contributed by atoms with Gasteiger partial charge in [0.05, 0.1) is 11.4 Å². The molecule has 136 valence electrons. The minimum Gasteiger partial charge on any atom is -0.455 e. The van der Waals surface area contributed by atoms with Crippen molar-refractivity contribution < 1.29 is 26.8 Å². The third-order valence-electron chi connectivity index (χ3n) is 3.18. The van der Waals surface area contributed by atoms with E-state index in [0.717, 1.165) is 23.5 Å². The molecular formula is C16H10F4N2O2S2. The standard InChI is InChI=1S/C16H10F4N2O2S2/c17-10-3-1-8(5-11(10)18)12-7-26-16(21-12)22-14(23)13-4-2-9(24-13)6-25-15(19)20/h1-5,7,15H,6H2,(H,21,22,23). The van der Waals surface area contributed by atoms with Crippen molar-refractivity contribution in [3.05, 3.63) is 58.9 Å². The topological polar surface area (TPSA) is 55.1 Å². The summed E-state index contributed by atoms with van der Waals surface area (Å²) in [5.41, 5.74) is 0.739. The Bertz CT molecular complexity index is 927. The lowest BCUT2D eigenvalue weighted by atomic mass is 10.2. The van der Waals surface area contributed by atoms with E-state index in [4.69, 9.17) is 4.42 Å². The number of rotatable bonds is 6. The summed E-state index contributed by atoms with van der Waals surface area (Å²) in [6.45, 7) is 0. The highest BCUT2D eigenvalue weighted by Crippen LogP contribution is 2.27. The zero-order valence-corrected chi connectivity index (χ0v) is 14.5. The summed E-state index contributed by atoms with van der Waals surface area (Å²) in [6.07, 6.45) is 0. The van der Waals surface area contributed by atoms with Crippen LogP contribution in [0.4, 0.5) is 22.7 Å². The number of thiazole rings is 1. The molecular weight excluding hydrogens is 392 g/mol. The molecule has 0 spiro atoms. The van der Waals surface area contributed by atoms with Crippen molar-refractivity contribution in [1.29, 1.82) is 0 Å². The predicted octanol–water partition coefficient (Wildman–Crippen LogP) is 5.39. The van der Waals surface area contributed by atoms with Gasteiger partial charge in [0.1, 0.15) is 5.76 Å². The zero-order chi connectivity index (χ0) is 18.7. The molecule has 10 heteroatoms. The maximum absolute atomic E-state index is 13.3. The van der Waals surface area contributed by atoms with E-state index in [1.54, 1.807) is 5.38 Å². The Balaban J connectivity index is 1.67. The van der Waals surface area contributed by atoms with Gasteiger partial charge in [-0.2, -0.15) is 8.78 Å². The van der Waals surface area contributed by atoms with Gasteiger partial charge < -0.3 is 4.42 Å². The molecule has 0 aliphatic rings. The van der Waals surface area contributed by atoms with Crippen LogP contribution in [0, 0.1) is 11.6 Å². The van der Waals surface area contributed by atoms with Crippen molar-refractivity contribution in [3.63, 3.8) is 0 Å². The fraction of sp³-hybridized carbons (Fsp3) is 0.125. The lowest BCUT2D eigenvalue weighted by Gasteiger charge is -2.00. The van der Waals surface area contributed by atoms with E-state index >= 15 is 0 Å². The van der Waals surface area contributed by atoms with E-state index in [2.05, 4.69) is 10.3 Å². The fourth-order valence-electron chi connectivity index (χ4n) is 2.00. The highest BCUT2D eigenvalue weighted by atomic mass is 32.2. The van der Waals surface area contributed by atoms with Crippen LogP contribution in [0.2, 0.25) is 0 Å². The number of nitrogens with zero attached hydrogens (tertiary/aromatic N) is 1. The zero-order valence-electron chi connectivity index (χ0n) is 12.8. The van der Waals surface area contributed by atoms with Crippen molar-refractivity contribution in [1.82, 2.24) is 4.98 Å². The molecule has 2 aromatic heterocycles. The minimum absolute atomic E-state index is 0.0422. The van der Waals surface area contributed by atoms with Gasteiger partial charge in [-0.25, -0.2) is 13.8 Å². The molecule has 26 heavy (non-hydrogen) atoms. The average Bonchev–Trinajstić information content (AvgIpc) is 3.25. The summed E-state index contributed by atoms with van der Waals surface area (Å²) >= 11 is 1.48. The van der Waals surface area contributed by atoms with E-state index < -0.39 is 23.3 Å². The SMILES string of the molecule is O=C(Nc1nc(-c2ccc(F)c(F)c2)cs1)c1ccc(CSC(F)F)o1. The Labute approximate surface area is 153 Å². The van der Waals surface area contributed by atoms with E-state index in [0.29, 0.717) is 23.0 Å². The highest BCUT2D eigenvalue weighted by Gasteiger charge is 2.15. The molecule has 4 nitrogen and oxygen atoms in total. The van der Waals surface area contributed by atoms with E-state index in [1.165, 1.54) is 18.2 Å². The molecule has 0 unspecified atom stereocenters. The molecule has 3 aromatic rings. The quantitative estimate of drug-likeness (QED) is 0.562. The van der Waals surface area contributed by atoms with Crippen LogP contribution in [0.25, 0.3) is 11.3 Å². The van der Waals surface area contributed by atoms with Crippen molar-refractivity contribution in [2.75, 3.05) is 5.32 Å². The maximum atomic E-state index is 13.3. The number of thioether (sulfide) groups is 1. The molecule has 2 heterocycles. The van der Waals surface area contributed by atoms with Gasteiger partial charge in [0.2, 0.25) is 0 Å².